The van der Waals surface area contributed by atoms with Crippen molar-refractivity contribution in [2.24, 2.45) is 4.99 Å². The van der Waals surface area contributed by atoms with Gasteiger partial charge >= 0.3 is 0 Å². The number of hydrogen-bond donors (Lipinski definition) is 1. The minimum absolute atomic E-state index is 0.0567. The molecule has 0 atom stereocenters. The van der Waals surface area contributed by atoms with Crippen molar-refractivity contribution in [2.75, 3.05) is 0 Å². The number of phenols is 1. The van der Waals surface area contributed by atoms with E-state index in [1.54, 1.807) is 0 Å². The van der Waals surface area contributed by atoms with E-state index in [4.69, 9.17) is 4.99 Å². The van der Waals surface area contributed by atoms with E-state index < -0.39 is 0 Å². The van der Waals surface area contributed by atoms with Gasteiger partial charge in [0.2, 0.25) is 0 Å². The number of nitrogens with zero attached hydrogens (tertiary/aromatic N) is 1. The summed E-state index contributed by atoms with van der Waals surface area (Å²) < 4.78 is 0. The van der Waals surface area contributed by atoms with Gasteiger partial charge in [-0.1, -0.05) is 66.9 Å². The largest absolute Gasteiger partial charge is 0.507 e. The predicted molar refractivity (Wildman–Crippen MR) is 100.0 cm³/mol. The van der Waals surface area contributed by atoms with Crippen molar-refractivity contribution in [1.82, 2.24) is 0 Å². The van der Waals surface area contributed by atoms with E-state index in [9.17, 15) is 5.11 Å². The molecular formula is C21H33NO. The van der Waals surface area contributed by atoms with E-state index in [1.807, 2.05) is 6.21 Å². The number of phenolic OH excluding ortho intramolecular Hbond substituents is 1. The molecule has 1 fully saturated rings. The third-order valence-electron chi connectivity index (χ3n) is 4.81. The first-order valence-electron chi connectivity index (χ1n) is 9.00. The van der Waals surface area contributed by atoms with Crippen molar-refractivity contribution in [3.05, 3.63) is 28.8 Å². The number of benzene rings is 1. The number of hydrogen-bond acceptors (Lipinski definition) is 2. The van der Waals surface area contributed by atoms with Crippen LogP contribution in [0.1, 0.15) is 90.3 Å². The average Bonchev–Trinajstić information content (AvgIpc) is 2.44. The molecule has 128 valence electrons. The Bertz CT molecular complexity index is 567. The fourth-order valence-electron chi connectivity index (χ4n) is 3.18. The quantitative estimate of drug-likeness (QED) is 0.694. The third-order valence-corrected chi connectivity index (χ3v) is 4.81. The summed E-state index contributed by atoms with van der Waals surface area (Å²) in [5.41, 5.74) is 3.10. The fourth-order valence-corrected chi connectivity index (χ4v) is 3.18. The van der Waals surface area contributed by atoms with E-state index >= 15 is 0 Å². The van der Waals surface area contributed by atoms with Crippen molar-refractivity contribution < 1.29 is 5.11 Å². The monoisotopic (exact) mass is 315 g/mol. The van der Waals surface area contributed by atoms with Crippen molar-refractivity contribution in [2.45, 2.75) is 90.5 Å². The van der Waals surface area contributed by atoms with Crippen LogP contribution in [0.2, 0.25) is 0 Å². The maximum atomic E-state index is 10.8. The van der Waals surface area contributed by atoms with E-state index in [-0.39, 0.29) is 10.8 Å². The van der Waals surface area contributed by atoms with E-state index in [1.165, 1.54) is 37.7 Å². The van der Waals surface area contributed by atoms with E-state index in [2.05, 4.69) is 53.7 Å². The summed E-state index contributed by atoms with van der Waals surface area (Å²) in [5.74, 6) is 0.394. The second kappa shape index (κ2) is 6.67. The molecule has 2 heteroatoms. The lowest BCUT2D eigenvalue weighted by atomic mass is 9.79. The first-order valence-corrected chi connectivity index (χ1v) is 9.00. The van der Waals surface area contributed by atoms with Crippen LogP contribution < -0.4 is 0 Å². The van der Waals surface area contributed by atoms with Gasteiger partial charge in [0.25, 0.3) is 0 Å². The number of aromatic hydroxyl groups is 1. The highest BCUT2D eigenvalue weighted by Gasteiger charge is 2.24. The molecule has 2 nitrogen and oxygen atoms in total. The Kier molecular flexibility index (Phi) is 5.23. The molecule has 1 aliphatic rings. The van der Waals surface area contributed by atoms with Gasteiger partial charge in [-0.05, 0) is 35.3 Å². The average molecular weight is 316 g/mol. The minimum Gasteiger partial charge on any atom is -0.507 e. The van der Waals surface area contributed by atoms with Gasteiger partial charge in [0, 0.05) is 23.4 Å². The van der Waals surface area contributed by atoms with Gasteiger partial charge in [0.05, 0.1) is 0 Å². The Morgan fingerprint density at radius 2 is 1.57 bits per heavy atom. The molecule has 1 aliphatic carbocycles. The maximum absolute atomic E-state index is 10.8. The summed E-state index contributed by atoms with van der Waals surface area (Å²) >= 11 is 0. The molecule has 0 aliphatic heterocycles. The Morgan fingerprint density at radius 1 is 0.957 bits per heavy atom. The first kappa shape index (κ1) is 18.0. The molecule has 0 unspecified atom stereocenters. The second-order valence-electron chi connectivity index (χ2n) is 9.03. The molecule has 23 heavy (non-hydrogen) atoms. The predicted octanol–water partition coefficient (Wildman–Crippen LogP) is 5.74. The van der Waals surface area contributed by atoms with Crippen LogP contribution in [-0.2, 0) is 10.8 Å². The molecule has 1 aromatic carbocycles. The fraction of sp³-hybridized carbons (Fsp3) is 0.667. The molecule has 0 spiro atoms. The highest BCUT2D eigenvalue weighted by molar-refractivity contribution is 5.85. The molecule has 0 saturated heterocycles. The van der Waals surface area contributed by atoms with Gasteiger partial charge in [0.15, 0.2) is 0 Å². The van der Waals surface area contributed by atoms with Gasteiger partial charge in [-0.15, -0.1) is 0 Å². The zero-order chi connectivity index (χ0) is 17.3. The number of aliphatic imine (C=N–C) groups is 1. The summed E-state index contributed by atoms with van der Waals surface area (Å²) in [6.07, 6.45) is 8.18. The van der Waals surface area contributed by atoms with Crippen molar-refractivity contribution in [3.8, 4) is 5.75 Å². The van der Waals surface area contributed by atoms with Gasteiger partial charge in [-0.3, -0.25) is 4.99 Å². The maximum Gasteiger partial charge on any atom is 0.128 e. The Morgan fingerprint density at radius 3 is 2.09 bits per heavy atom. The van der Waals surface area contributed by atoms with Crippen LogP contribution in [0.25, 0.3) is 0 Å². The van der Waals surface area contributed by atoms with Crippen LogP contribution in [-0.4, -0.2) is 17.4 Å². The van der Waals surface area contributed by atoms with E-state index in [0.717, 1.165) is 11.1 Å². The van der Waals surface area contributed by atoms with Crippen LogP contribution >= 0.6 is 0 Å². The molecule has 1 N–H and O–H groups in total. The topological polar surface area (TPSA) is 32.6 Å². The van der Waals surface area contributed by atoms with Gasteiger partial charge in [-0.25, -0.2) is 0 Å². The summed E-state index contributed by atoms with van der Waals surface area (Å²) in [6.45, 7) is 13.1. The Balaban J connectivity index is 2.42. The zero-order valence-corrected chi connectivity index (χ0v) is 15.7. The standard InChI is InChI=1S/C21H33NO/c1-20(2,3)16-12-15(14-22-17-10-8-7-9-11-17)19(23)18(13-16)21(4,5)6/h12-14,17,23H,7-11H2,1-6H3. The minimum atomic E-state index is -0.0846. The van der Waals surface area contributed by atoms with E-state index in [0.29, 0.717) is 11.8 Å². The van der Waals surface area contributed by atoms with Crippen molar-refractivity contribution in [1.29, 1.82) is 0 Å². The smallest absolute Gasteiger partial charge is 0.128 e. The van der Waals surface area contributed by atoms with Crippen LogP contribution in [0.4, 0.5) is 0 Å². The molecule has 1 saturated carbocycles. The molecule has 0 radical (unpaired) electrons. The molecular weight excluding hydrogens is 282 g/mol. The van der Waals surface area contributed by atoms with Crippen LogP contribution in [0.5, 0.6) is 5.75 Å². The normalized spacial score (nSPS) is 17.8. The zero-order valence-electron chi connectivity index (χ0n) is 15.7. The van der Waals surface area contributed by atoms with Crippen molar-refractivity contribution in [3.63, 3.8) is 0 Å². The molecule has 0 bridgehead atoms. The Hall–Kier alpha value is -1.31. The lowest BCUT2D eigenvalue weighted by Crippen LogP contribution is -2.17. The lowest BCUT2D eigenvalue weighted by molar-refractivity contribution is 0.440. The summed E-state index contributed by atoms with van der Waals surface area (Å²) in [4.78, 5) is 4.78. The molecule has 1 aromatic rings. The Labute approximate surface area is 142 Å². The summed E-state index contributed by atoms with van der Waals surface area (Å²) in [7, 11) is 0. The van der Waals surface area contributed by atoms with Gasteiger partial charge in [0.1, 0.15) is 5.75 Å². The highest BCUT2D eigenvalue weighted by Crippen LogP contribution is 2.37. The second-order valence-corrected chi connectivity index (χ2v) is 9.03. The number of rotatable bonds is 2. The molecule has 0 amide bonds. The highest BCUT2D eigenvalue weighted by atomic mass is 16.3. The molecule has 2 rings (SSSR count). The summed E-state index contributed by atoms with van der Waals surface area (Å²) in [6, 6.07) is 4.70. The SMILES string of the molecule is CC(C)(C)c1cc(C=NC2CCCCC2)c(O)c(C(C)(C)C)c1. The molecule has 0 heterocycles. The van der Waals surface area contributed by atoms with Gasteiger partial charge in [-0.2, -0.15) is 0 Å². The van der Waals surface area contributed by atoms with Crippen LogP contribution in [0.3, 0.4) is 0 Å². The third kappa shape index (κ3) is 4.59. The van der Waals surface area contributed by atoms with Gasteiger partial charge < -0.3 is 5.11 Å². The first-order chi connectivity index (χ1) is 10.6. The lowest BCUT2D eigenvalue weighted by Gasteiger charge is -2.27. The van der Waals surface area contributed by atoms with Crippen molar-refractivity contribution >= 4 is 6.21 Å². The molecule has 0 aromatic heterocycles. The summed E-state index contributed by atoms with van der Waals surface area (Å²) in [5, 5.41) is 10.8. The van der Waals surface area contributed by atoms with Crippen LogP contribution in [0.15, 0.2) is 17.1 Å². The van der Waals surface area contributed by atoms with Crippen LogP contribution in [0, 0.1) is 0 Å².